The summed E-state index contributed by atoms with van der Waals surface area (Å²) in [6.45, 7) is 4.54. The Morgan fingerprint density at radius 2 is 2.05 bits per heavy atom. The molecule has 0 fully saturated rings. The van der Waals surface area contributed by atoms with E-state index in [-0.39, 0.29) is 10.3 Å². The van der Waals surface area contributed by atoms with Gasteiger partial charge in [-0.15, -0.1) is 4.40 Å². The molecule has 0 radical (unpaired) electrons. The van der Waals surface area contributed by atoms with Gasteiger partial charge in [0.05, 0.1) is 10.7 Å². The van der Waals surface area contributed by atoms with E-state index in [2.05, 4.69) is 4.40 Å². The number of para-hydroxylation sites is 1. The van der Waals surface area contributed by atoms with Gasteiger partial charge in [-0.25, -0.2) is 0 Å². The predicted molar refractivity (Wildman–Crippen MR) is 84.6 cm³/mol. The molecule has 1 aliphatic rings. The largest absolute Gasteiger partial charge is 0.393 e. The number of rotatable bonds is 4. The quantitative estimate of drug-likeness (QED) is 0.860. The van der Waals surface area contributed by atoms with Crippen LogP contribution in [0.2, 0.25) is 0 Å². The van der Waals surface area contributed by atoms with Crippen LogP contribution in [0.25, 0.3) is 0 Å². The molecule has 108 valence electrons. The van der Waals surface area contributed by atoms with Crippen molar-refractivity contribution in [2.75, 3.05) is 11.4 Å². The summed E-state index contributed by atoms with van der Waals surface area (Å²) in [6, 6.07) is 6.83. The van der Waals surface area contributed by atoms with Gasteiger partial charge in [-0.1, -0.05) is 38.2 Å². The molecule has 1 aromatic rings. The van der Waals surface area contributed by atoms with Crippen molar-refractivity contribution in [1.29, 1.82) is 0 Å². The summed E-state index contributed by atoms with van der Waals surface area (Å²) in [5, 5.41) is 0. The maximum atomic E-state index is 11.9. The minimum Gasteiger partial charge on any atom is -0.393 e. The number of sulfonamides is 1. The Morgan fingerprint density at radius 3 is 2.70 bits per heavy atom. The normalized spacial score (nSPS) is 16.8. The Bertz CT molecular complexity index is 666. The van der Waals surface area contributed by atoms with Gasteiger partial charge in [-0.05, 0) is 18.6 Å². The summed E-state index contributed by atoms with van der Waals surface area (Å²) < 4.78 is 27.4. The van der Waals surface area contributed by atoms with E-state index in [9.17, 15) is 8.42 Å². The molecule has 0 spiro atoms. The van der Waals surface area contributed by atoms with Gasteiger partial charge in [0.1, 0.15) is 11.2 Å². The highest BCUT2D eigenvalue weighted by molar-refractivity contribution is 7.90. The zero-order valence-corrected chi connectivity index (χ0v) is 13.0. The summed E-state index contributed by atoms with van der Waals surface area (Å²) in [6.07, 6.45) is 2.07. The lowest BCUT2D eigenvalue weighted by molar-refractivity contribution is 0.486. The van der Waals surface area contributed by atoms with Crippen molar-refractivity contribution in [3.05, 3.63) is 24.3 Å². The predicted octanol–water partition coefficient (Wildman–Crippen LogP) is 1.93. The van der Waals surface area contributed by atoms with Crippen molar-refractivity contribution >= 4 is 39.3 Å². The van der Waals surface area contributed by atoms with E-state index in [0.29, 0.717) is 23.6 Å². The van der Waals surface area contributed by atoms with Gasteiger partial charge < -0.3 is 10.6 Å². The van der Waals surface area contributed by atoms with E-state index in [1.165, 1.54) is 6.34 Å². The summed E-state index contributed by atoms with van der Waals surface area (Å²) in [4.78, 5) is 2.50. The Morgan fingerprint density at radius 1 is 1.40 bits per heavy atom. The number of hydrogen-bond donors (Lipinski definition) is 1. The second-order valence-corrected chi connectivity index (χ2v) is 7.40. The van der Waals surface area contributed by atoms with Crippen LogP contribution >= 0.6 is 12.2 Å². The molecule has 0 saturated heterocycles. The smallest absolute Gasteiger partial charge is 0.285 e. The Balaban J connectivity index is 2.26. The van der Waals surface area contributed by atoms with Gasteiger partial charge in [0.15, 0.2) is 0 Å². The highest BCUT2D eigenvalue weighted by Gasteiger charge is 2.27. The number of benzene rings is 1. The molecule has 5 nitrogen and oxygen atoms in total. The zero-order chi connectivity index (χ0) is 15.0. The fourth-order valence-electron chi connectivity index (χ4n) is 1.85. The third kappa shape index (κ3) is 2.83. The molecule has 0 bridgehead atoms. The molecule has 0 amide bonds. The molecule has 0 saturated carbocycles. The molecule has 2 rings (SSSR count). The van der Waals surface area contributed by atoms with Crippen LogP contribution < -0.4 is 10.6 Å². The Labute approximate surface area is 124 Å². The van der Waals surface area contributed by atoms with E-state index >= 15 is 0 Å². The SMILES string of the molecule is CC(C)(CCN1C=NS(=O)(=O)c2ccccc21)C(N)=S. The van der Waals surface area contributed by atoms with Crippen LogP contribution in [0.4, 0.5) is 5.69 Å². The summed E-state index contributed by atoms with van der Waals surface area (Å²) in [5.74, 6) is 0. The van der Waals surface area contributed by atoms with Gasteiger partial charge in [0, 0.05) is 12.0 Å². The van der Waals surface area contributed by atoms with Crippen LogP contribution in [0.3, 0.4) is 0 Å². The van der Waals surface area contributed by atoms with Crippen molar-refractivity contribution in [3.8, 4) is 0 Å². The van der Waals surface area contributed by atoms with Crippen molar-refractivity contribution in [1.82, 2.24) is 0 Å². The lowest BCUT2D eigenvalue weighted by atomic mass is 9.89. The maximum absolute atomic E-state index is 11.9. The molecule has 20 heavy (non-hydrogen) atoms. The maximum Gasteiger partial charge on any atom is 0.285 e. The van der Waals surface area contributed by atoms with Crippen LogP contribution in [0, 0.1) is 5.41 Å². The van der Waals surface area contributed by atoms with Gasteiger partial charge in [-0.2, -0.15) is 8.42 Å². The molecular formula is C13H17N3O2S2. The third-order valence-corrected chi connectivity index (χ3v) is 5.25. The molecule has 7 heteroatoms. The topological polar surface area (TPSA) is 75.8 Å². The number of nitrogens with two attached hydrogens (primary N) is 1. The lowest BCUT2D eigenvalue weighted by Gasteiger charge is -2.29. The highest BCUT2D eigenvalue weighted by atomic mass is 32.2. The molecule has 2 N–H and O–H groups in total. The average Bonchev–Trinajstić information content (AvgIpc) is 2.38. The minimum atomic E-state index is -3.57. The zero-order valence-electron chi connectivity index (χ0n) is 11.4. The first kappa shape index (κ1) is 14.9. The Hall–Kier alpha value is -1.47. The molecular weight excluding hydrogens is 294 g/mol. The average molecular weight is 311 g/mol. The second-order valence-electron chi connectivity index (χ2n) is 5.36. The minimum absolute atomic E-state index is 0.232. The second kappa shape index (κ2) is 5.14. The van der Waals surface area contributed by atoms with Gasteiger partial charge >= 0.3 is 0 Å². The number of fused-ring (bicyclic) bond motifs is 1. The van der Waals surface area contributed by atoms with Crippen LogP contribution in [-0.2, 0) is 10.0 Å². The van der Waals surface area contributed by atoms with Gasteiger partial charge in [0.25, 0.3) is 10.0 Å². The van der Waals surface area contributed by atoms with Crippen molar-refractivity contribution in [2.24, 2.45) is 15.5 Å². The van der Waals surface area contributed by atoms with Crippen molar-refractivity contribution in [2.45, 2.75) is 25.2 Å². The standard InChI is InChI=1S/C13H17N3O2S2/c1-13(2,12(14)19)7-8-16-9-15-20(17,18)11-6-4-3-5-10(11)16/h3-6,9H,7-8H2,1-2H3,(H2,14,19). The summed E-state index contributed by atoms with van der Waals surface area (Å²) in [5.41, 5.74) is 6.06. The highest BCUT2D eigenvalue weighted by Crippen LogP contribution is 2.30. The monoisotopic (exact) mass is 311 g/mol. The van der Waals surface area contributed by atoms with Crippen LogP contribution in [0.5, 0.6) is 0 Å². The number of anilines is 1. The number of thiocarbonyl (C=S) groups is 1. The molecule has 0 atom stereocenters. The first-order chi connectivity index (χ1) is 9.24. The van der Waals surface area contributed by atoms with Crippen LogP contribution in [0.15, 0.2) is 33.6 Å². The molecule has 1 aromatic carbocycles. The molecule has 0 aromatic heterocycles. The molecule has 0 unspecified atom stereocenters. The third-order valence-electron chi connectivity index (χ3n) is 3.42. The van der Waals surface area contributed by atoms with Crippen molar-refractivity contribution in [3.63, 3.8) is 0 Å². The van der Waals surface area contributed by atoms with Crippen molar-refractivity contribution < 1.29 is 8.42 Å². The Kier molecular flexibility index (Phi) is 3.84. The molecule has 1 heterocycles. The lowest BCUT2D eigenvalue weighted by Crippen LogP contribution is -2.36. The van der Waals surface area contributed by atoms with E-state index in [1.54, 1.807) is 24.3 Å². The van der Waals surface area contributed by atoms with E-state index in [4.69, 9.17) is 18.0 Å². The van der Waals surface area contributed by atoms with E-state index in [0.717, 1.165) is 0 Å². The molecule has 0 aliphatic carbocycles. The van der Waals surface area contributed by atoms with Crippen LogP contribution in [0.1, 0.15) is 20.3 Å². The number of nitrogens with zero attached hydrogens (tertiary/aromatic N) is 2. The summed E-state index contributed by atoms with van der Waals surface area (Å²) in [7, 11) is -3.57. The fourth-order valence-corrected chi connectivity index (χ4v) is 3.01. The van der Waals surface area contributed by atoms with Gasteiger partial charge in [0.2, 0.25) is 0 Å². The molecule has 1 aliphatic heterocycles. The first-order valence-electron chi connectivity index (χ1n) is 6.20. The fraction of sp³-hybridized carbons (Fsp3) is 0.385. The van der Waals surface area contributed by atoms with Crippen LogP contribution in [-0.4, -0.2) is 26.3 Å². The first-order valence-corrected chi connectivity index (χ1v) is 8.05. The van der Waals surface area contributed by atoms with E-state index in [1.807, 2.05) is 18.7 Å². The van der Waals surface area contributed by atoms with Gasteiger partial charge in [-0.3, -0.25) is 0 Å². The number of hydrogen-bond acceptors (Lipinski definition) is 4. The van der Waals surface area contributed by atoms with E-state index < -0.39 is 10.0 Å². The summed E-state index contributed by atoms with van der Waals surface area (Å²) >= 11 is 5.04.